The van der Waals surface area contributed by atoms with Gasteiger partial charge in [-0.2, -0.15) is 0 Å². The topological polar surface area (TPSA) is 39.7 Å². The minimum Gasteiger partial charge on any atom is -0.397 e. The van der Waals surface area contributed by atoms with Crippen molar-refractivity contribution < 1.29 is 13.6 Å². The van der Waals surface area contributed by atoms with Gasteiger partial charge < -0.3 is 18.9 Å². The van der Waals surface area contributed by atoms with Gasteiger partial charge in [0, 0.05) is 34.0 Å². The first kappa shape index (κ1) is 18.3. The van der Waals surface area contributed by atoms with Crippen molar-refractivity contribution in [2.75, 3.05) is 41.0 Å². The molecule has 0 fully saturated rings. The first-order valence-electron chi connectivity index (χ1n) is 7.60. The summed E-state index contributed by atoms with van der Waals surface area (Å²) in [5.74, 6) is 0. The van der Waals surface area contributed by atoms with Crippen LogP contribution in [-0.4, -0.2) is 49.6 Å². The smallest absolute Gasteiger partial charge is 0.342 e. The highest BCUT2D eigenvalue weighted by molar-refractivity contribution is 6.66. The molecule has 0 radical (unpaired) electrons. The number of benzene rings is 1. The highest BCUT2D eigenvalue weighted by Crippen LogP contribution is 2.19. The highest BCUT2D eigenvalue weighted by atomic mass is 28.4. The summed E-state index contributed by atoms with van der Waals surface area (Å²) >= 11 is 0. The van der Waals surface area contributed by atoms with Gasteiger partial charge in [0.2, 0.25) is 0 Å². The van der Waals surface area contributed by atoms with Crippen molar-refractivity contribution >= 4 is 8.56 Å². The van der Waals surface area contributed by atoms with Gasteiger partial charge in [-0.05, 0) is 37.5 Å². The second-order valence-corrected chi connectivity index (χ2v) is 8.67. The van der Waals surface area contributed by atoms with Gasteiger partial charge in [-0.25, -0.2) is 0 Å². The Morgan fingerprint density at radius 3 is 2.24 bits per heavy atom. The molecule has 0 aliphatic rings. The summed E-state index contributed by atoms with van der Waals surface area (Å²) < 4.78 is 16.6. The van der Waals surface area contributed by atoms with Crippen molar-refractivity contribution in [2.24, 2.45) is 0 Å². The van der Waals surface area contributed by atoms with Gasteiger partial charge in [0.1, 0.15) is 0 Å². The summed E-state index contributed by atoms with van der Waals surface area (Å²) in [7, 11) is 3.18. The zero-order chi connectivity index (χ0) is 15.4. The maximum absolute atomic E-state index is 5.81. The Kier molecular flexibility index (Phi) is 9.53. The maximum Gasteiger partial charge on any atom is 0.342 e. The van der Waals surface area contributed by atoms with Crippen LogP contribution in [0.2, 0.25) is 6.04 Å². The SMILES string of the molecule is COCCCNCCC[Si](Cc1ccccc1)(OC)OC. The van der Waals surface area contributed by atoms with Crippen molar-refractivity contribution in [3.05, 3.63) is 35.9 Å². The number of rotatable bonds is 12. The molecule has 0 heterocycles. The number of ether oxygens (including phenoxy) is 1. The van der Waals surface area contributed by atoms with E-state index in [0.29, 0.717) is 0 Å². The van der Waals surface area contributed by atoms with Crippen LogP contribution in [0.5, 0.6) is 0 Å². The molecule has 0 atom stereocenters. The largest absolute Gasteiger partial charge is 0.397 e. The first-order valence-corrected chi connectivity index (χ1v) is 9.83. The first-order chi connectivity index (χ1) is 10.3. The predicted molar refractivity (Wildman–Crippen MR) is 88.7 cm³/mol. The van der Waals surface area contributed by atoms with E-state index >= 15 is 0 Å². The lowest BCUT2D eigenvalue weighted by Gasteiger charge is -2.27. The molecule has 0 bridgehead atoms. The van der Waals surface area contributed by atoms with Crippen LogP contribution in [0.1, 0.15) is 18.4 Å². The van der Waals surface area contributed by atoms with Crippen LogP contribution in [-0.2, 0) is 19.6 Å². The molecule has 0 saturated carbocycles. The van der Waals surface area contributed by atoms with E-state index in [2.05, 4.69) is 29.6 Å². The molecule has 0 saturated heterocycles. The van der Waals surface area contributed by atoms with Crippen molar-refractivity contribution in [2.45, 2.75) is 24.9 Å². The molecule has 4 nitrogen and oxygen atoms in total. The average Bonchev–Trinajstić information content (AvgIpc) is 2.54. The minimum absolute atomic E-state index is 0.815. The summed E-state index contributed by atoms with van der Waals surface area (Å²) in [6.45, 7) is 2.82. The molecule has 0 spiro atoms. The lowest BCUT2D eigenvalue weighted by Crippen LogP contribution is -2.43. The highest BCUT2D eigenvalue weighted by Gasteiger charge is 2.34. The van der Waals surface area contributed by atoms with Crippen LogP contribution in [0.4, 0.5) is 0 Å². The summed E-state index contributed by atoms with van der Waals surface area (Å²) in [5, 5.41) is 3.44. The monoisotopic (exact) mass is 311 g/mol. The van der Waals surface area contributed by atoms with E-state index in [-0.39, 0.29) is 0 Å². The van der Waals surface area contributed by atoms with Crippen molar-refractivity contribution in [1.29, 1.82) is 0 Å². The Bertz CT molecular complexity index is 358. The molecule has 0 aliphatic carbocycles. The Balaban J connectivity index is 2.35. The summed E-state index contributed by atoms with van der Waals surface area (Å²) in [4.78, 5) is 0. The van der Waals surface area contributed by atoms with Gasteiger partial charge >= 0.3 is 8.56 Å². The van der Waals surface area contributed by atoms with Crippen molar-refractivity contribution in [1.82, 2.24) is 5.32 Å². The minimum atomic E-state index is -2.12. The molecule has 1 aromatic carbocycles. The van der Waals surface area contributed by atoms with Crippen LogP contribution >= 0.6 is 0 Å². The average molecular weight is 311 g/mol. The van der Waals surface area contributed by atoms with E-state index in [4.69, 9.17) is 13.6 Å². The third-order valence-corrected chi connectivity index (χ3v) is 7.22. The quantitative estimate of drug-likeness (QED) is 0.476. The molecule has 0 aromatic heterocycles. The lowest BCUT2D eigenvalue weighted by atomic mass is 10.2. The maximum atomic E-state index is 5.81. The summed E-state index contributed by atoms with van der Waals surface area (Å²) in [6, 6.07) is 12.4. The van der Waals surface area contributed by atoms with Crippen molar-refractivity contribution in [3.63, 3.8) is 0 Å². The molecule has 1 rings (SSSR count). The zero-order valence-corrected chi connectivity index (χ0v) is 14.6. The van der Waals surface area contributed by atoms with Gasteiger partial charge in [-0.15, -0.1) is 0 Å². The Labute approximate surface area is 130 Å². The van der Waals surface area contributed by atoms with Crippen LogP contribution in [0.15, 0.2) is 30.3 Å². The number of hydrogen-bond donors (Lipinski definition) is 1. The lowest BCUT2D eigenvalue weighted by molar-refractivity contribution is 0.194. The Morgan fingerprint density at radius 1 is 0.952 bits per heavy atom. The predicted octanol–water partition coefficient (Wildman–Crippen LogP) is 2.52. The van der Waals surface area contributed by atoms with Gasteiger partial charge in [-0.3, -0.25) is 0 Å². The number of nitrogens with one attached hydrogen (secondary N) is 1. The third-order valence-electron chi connectivity index (χ3n) is 3.67. The van der Waals surface area contributed by atoms with E-state index in [9.17, 15) is 0 Å². The van der Waals surface area contributed by atoms with Gasteiger partial charge in [0.05, 0.1) is 0 Å². The molecule has 0 amide bonds. The zero-order valence-electron chi connectivity index (χ0n) is 13.6. The van der Waals surface area contributed by atoms with Crippen LogP contribution in [0.25, 0.3) is 0 Å². The van der Waals surface area contributed by atoms with Crippen molar-refractivity contribution in [3.8, 4) is 0 Å². The molecular formula is C16H29NO3Si. The van der Waals surface area contributed by atoms with Gasteiger partial charge in [0.25, 0.3) is 0 Å². The van der Waals surface area contributed by atoms with Crippen LogP contribution < -0.4 is 5.32 Å². The fourth-order valence-electron chi connectivity index (χ4n) is 2.38. The molecule has 21 heavy (non-hydrogen) atoms. The Morgan fingerprint density at radius 2 is 1.62 bits per heavy atom. The number of hydrogen-bond acceptors (Lipinski definition) is 4. The molecule has 120 valence electrons. The van der Waals surface area contributed by atoms with E-state index < -0.39 is 8.56 Å². The van der Waals surface area contributed by atoms with Crippen LogP contribution in [0, 0.1) is 0 Å². The fraction of sp³-hybridized carbons (Fsp3) is 0.625. The second-order valence-electron chi connectivity index (χ2n) is 5.18. The normalized spacial score (nSPS) is 11.8. The summed E-state index contributed by atoms with van der Waals surface area (Å²) in [6.07, 6.45) is 2.13. The van der Waals surface area contributed by atoms with E-state index in [1.54, 1.807) is 21.3 Å². The summed E-state index contributed by atoms with van der Waals surface area (Å²) in [5.41, 5.74) is 1.29. The molecule has 5 heteroatoms. The molecule has 1 N–H and O–H groups in total. The van der Waals surface area contributed by atoms with E-state index in [1.165, 1.54) is 5.56 Å². The van der Waals surface area contributed by atoms with E-state index in [1.807, 2.05) is 6.07 Å². The molecule has 1 aromatic rings. The van der Waals surface area contributed by atoms with Gasteiger partial charge in [0.15, 0.2) is 0 Å². The second kappa shape index (κ2) is 10.9. The van der Waals surface area contributed by atoms with Gasteiger partial charge in [-0.1, -0.05) is 30.3 Å². The van der Waals surface area contributed by atoms with Crippen LogP contribution in [0.3, 0.4) is 0 Å². The molecule has 0 aliphatic heterocycles. The molecular weight excluding hydrogens is 282 g/mol. The Hall–Kier alpha value is -0.723. The molecule has 0 unspecified atom stereocenters. The number of methoxy groups -OCH3 is 1. The third kappa shape index (κ3) is 7.20. The standard InChI is InChI=1S/C16H29NO3Si/c1-18-13-7-11-17-12-8-14-21(19-2,20-3)15-16-9-5-4-6-10-16/h4-6,9-10,17H,7-8,11-15H2,1-3H3. The fourth-order valence-corrected chi connectivity index (χ4v) is 4.99. The van der Waals surface area contributed by atoms with E-state index in [0.717, 1.165) is 44.6 Å².